The molecule has 0 unspecified atom stereocenters. The van der Waals surface area contributed by atoms with Crippen molar-refractivity contribution in [3.63, 3.8) is 0 Å². The van der Waals surface area contributed by atoms with Gasteiger partial charge in [0, 0.05) is 52.2 Å². The van der Waals surface area contributed by atoms with Gasteiger partial charge in [0.2, 0.25) is 0 Å². The van der Waals surface area contributed by atoms with Gasteiger partial charge in [-0.3, -0.25) is 9.59 Å². The number of hydrogen-bond acceptors (Lipinski definition) is 6. The number of methoxy groups -OCH3 is 1. The molecular formula is C23H25Cl3N4O4. The smallest absolute Gasteiger partial charge is 0.258 e. The second-order valence-electron chi connectivity index (χ2n) is 8.18. The number of benzene rings is 2. The Bertz CT molecular complexity index is 1070. The number of amides is 2. The minimum absolute atomic E-state index is 0.209. The van der Waals surface area contributed by atoms with E-state index in [0.29, 0.717) is 71.1 Å². The molecule has 2 aliphatic heterocycles. The lowest BCUT2D eigenvalue weighted by Crippen LogP contribution is -2.61. The van der Waals surface area contributed by atoms with Gasteiger partial charge >= 0.3 is 0 Å². The second kappa shape index (κ2) is 10.6. The monoisotopic (exact) mass is 526 g/mol. The van der Waals surface area contributed by atoms with E-state index in [1.165, 1.54) is 0 Å². The van der Waals surface area contributed by atoms with E-state index >= 15 is 0 Å². The van der Waals surface area contributed by atoms with Crippen LogP contribution in [-0.2, 0) is 4.74 Å². The van der Waals surface area contributed by atoms with Gasteiger partial charge in [-0.15, -0.1) is 0 Å². The number of piperidine rings is 1. The Morgan fingerprint density at radius 3 is 2.56 bits per heavy atom. The molecule has 0 aromatic heterocycles. The van der Waals surface area contributed by atoms with E-state index in [4.69, 9.17) is 44.3 Å². The zero-order valence-corrected chi connectivity index (χ0v) is 20.8. The highest BCUT2D eigenvalue weighted by molar-refractivity contribution is 6.39. The van der Waals surface area contributed by atoms with Crippen LogP contribution in [0.1, 0.15) is 33.6 Å². The van der Waals surface area contributed by atoms with E-state index in [1.807, 2.05) is 0 Å². The highest BCUT2D eigenvalue weighted by Gasteiger charge is 2.42. The third kappa shape index (κ3) is 5.37. The number of fused-ring (bicyclic) bond motifs is 1. The highest BCUT2D eigenvalue weighted by atomic mass is 35.5. The summed E-state index contributed by atoms with van der Waals surface area (Å²) in [5, 5.41) is 9.99. The minimum atomic E-state index is -0.777. The first-order valence-corrected chi connectivity index (χ1v) is 12.0. The summed E-state index contributed by atoms with van der Waals surface area (Å²) in [6.45, 7) is 2.76. The Balaban J connectivity index is 1.33. The predicted molar refractivity (Wildman–Crippen MR) is 132 cm³/mol. The molecule has 11 heteroatoms. The SMILES string of the molecule is COCNc1cc2c(cc1Cl)C(=O)NC1(CCN(CCNC(=O)c3c(Cl)cccc3Cl)CC1)O2. The third-order valence-corrected chi connectivity index (χ3v) is 6.88. The molecule has 2 heterocycles. The molecule has 4 rings (SSSR count). The average Bonchev–Trinajstić information content (AvgIpc) is 2.80. The number of likely N-dealkylation sites (tertiary alicyclic amines) is 1. The zero-order valence-electron chi connectivity index (χ0n) is 18.6. The summed E-state index contributed by atoms with van der Waals surface area (Å²) in [5.74, 6) is -0.0250. The highest BCUT2D eigenvalue weighted by Crippen LogP contribution is 2.38. The molecule has 0 saturated carbocycles. The van der Waals surface area contributed by atoms with Crippen LogP contribution in [0.4, 0.5) is 5.69 Å². The van der Waals surface area contributed by atoms with Crippen molar-refractivity contribution in [2.45, 2.75) is 18.6 Å². The molecule has 2 aromatic carbocycles. The van der Waals surface area contributed by atoms with Gasteiger partial charge in [-0.05, 0) is 18.2 Å². The predicted octanol–water partition coefficient (Wildman–Crippen LogP) is 4.01. The summed E-state index contributed by atoms with van der Waals surface area (Å²) in [6.07, 6.45) is 1.21. The van der Waals surface area contributed by atoms with E-state index in [1.54, 1.807) is 37.4 Å². The standard InChI is InChI=1S/C23H25Cl3N4O4/c1-33-13-28-18-12-19-14(11-17(18)26)21(31)29-23(34-19)5-8-30(9-6-23)10-7-27-22(32)20-15(24)3-2-4-16(20)25/h2-4,11-12,28H,5-10,13H2,1H3,(H,27,32)(H,29,31). The van der Waals surface area contributed by atoms with Gasteiger partial charge in [0.15, 0.2) is 5.72 Å². The minimum Gasteiger partial charge on any atom is -0.467 e. The molecule has 8 nitrogen and oxygen atoms in total. The van der Waals surface area contributed by atoms with Crippen LogP contribution >= 0.6 is 34.8 Å². The van der Waals surface area contributed by atoms with Crippen LogP contribution in [0, 0.1) is 0 Å². The third-order valence-electron chi connectivity index (χ3n) is 5.93. The number of hydrogen-bond donors (Lipinski definition) is 3. The van der Waals surface area contributed by atoms with Crippen LogP contribution in [0.3, 0.4) is 0 Å². The van der Waals surface area contributed by atoms with Crippen LogP contribution in [0.15, 0.2) is 30.3 Å². The van der Waals surface area contributed by atoms with Gasteiger partial charge in [0.05, 0.1) is 31.9 Å². The Labute approximate surface area is 212 Å². The molecule has 2 aliphatic rings. The molecule has 0 bridgehead atoms. The van der Waals surface area contributed by atoms with Crippen LogP contribution in [0.25, 0.3) is 0 Å². The first-order valence-electron chi connectivity index (χ1n) is 10.8. The number of rotatable bonds is 7. The molecule has 0 radical (unpaired) electrons. The number of ether oxygens (including phenoxy) is 2. The summed E-state index contributed by atoms with van der Waals surface area (Å²) >= 11 is 18.5. The lowest BCUT2D eigenvalue weighted by atomic mass is 9.96. The maximum Gasteiger partial charge on any atom is 0.258 e. The lowest BCUT2D eigenvalue weighted by Gasteiger charge is -2.44. The topological polar surface area (TPSA) is 91.9 Å². The molecule has 3 N–H and O–H groups in total. The van der Waals surface area contributed by atoms with E-state index in [9.17, 15) is 9.59 Å². The van der Waals surface area contributed by atoms with Crippen molar-refractivity contribution < 1.29 is 19.1 Å². The van der Waals surface area contributed by atoms with E-state index in [2.05, 4.69) is 20.9 Å². The second-order valence-corrected chi connectivity index (χ2v) is 9.40. The molecule has 1 spiro atoms. The van der Waals surface area contributed by atoms with E-state index in [0.717, 1.165) is 0 Å². The molecule has 0 aliphatic carbocycles. The van der Waals surface area contributed by atoms with Gasteiger partial charge in [0.25, 0.3) is 11.8 Å². The van der Waals surface area contributed by atoms with Crippen molar-refractivity contribution in [2.24, 2.45) is 0 Å². The summed E-state index contributed by atoms with van der Waals surface area (Å²) in [4.78, 5) is 27.4. The number of carbonyl (C=O) groups is 2. The molecular weight excluding hydrogens is 503 g/mol. The fourth-order valence-electron chi connectivity index (χ4n) is 4.11. The molecule has 2 aromatic rings. The van der Waals surface area contributed by atoms with E-state index < -0.39 is 5.72 Å². The van der Waals surface area contributed by atoms with Crippen LogP contribution < -0.4 is 20.7 Å². The molecule has 34 heavy (non-hydrogen) atoms. The largest absolute Gasteiger partial charge is 0.467 e. The van der Waals surface area contributed by atoms with Crippen molar-refractivity contribution in [3.05, 3.63) is 56.5 Å². The summed E-state index contributed by atoms with van der Waals surface area (Å²) < 4.78 is 11.3. The van der Waals surface area contributed by atoms with Crippen molar-refractivity contribution in [1.82, 2.24) is 15.5 Å². The quantitative estimate of drug-likeness (QED) is 0.471. The van der Waals surface area contributed by atoms with Gasteiger partial charge in [-0.2, -0.15) is 0 Å². The van der Waals surface area contributed by atoms with Crippen molar-refractivity contribution in [1.29, 1.82) is 0 Å². The molecule has 1 saturated heterocycles. The van der Waals surface area contributed by atoms with Crippen LogP contribution in [0.5, 0.6) is 5.75 Å². The van der Waals surface area contributed by atoms with Crippen LogP contribution in [0.2, 0.25) is 15.1 Å². The van der Waals surface area contributed by atoms with Gasteiger partial charge in [-0.25, -0.2) is 0 Å². The maximum atomic E-state index is 12.8. The Kier molecular flexibility index (Phi) is 7.74. The summed E-state index contributed by atoms with van der Waals surface area (Å²) in [6, 6.07) is 8.29. The van der Waals surface area contributed by atoms with Crippen LogP contribution in [-0.4, -0.2) is 62.5 Å². The Morgan fingerprint density at radius 1 is 1.18 bits per heavy atom. The lowest BCUT2D eigenvalue weighted by molar-refractivity contribution is -0.0285. The van der Waals surface area contributed by atoms with Crippen molar-refractivity contribution >= 4 is 52.3 Å². The van der Waals surface area contributed by atoms with Crippen molar-refractivity contribution in [2.75, 3.05) is 45.3 Å². The molecule has 1 fully saturated rings. The fourth-order valence-corrected chi connectivity index (χ4v) is 4.91. The zero-order chi connectivity index (χ0) is 24.3. The summed E-state index contributed by atoms with van der Waals surface area (Å²) in [7, 11) is 1.57. The fraction of sp³-hybridized carbons (Fsp3) is 0.391. The maximum absolute atomic E-state index is 12.8. The summed E-state index contributed by atoms with van der Waals surface area (Å²) in [5.41, 5.74) is 0.544. The molecule has 182 valence electrons. The molecule has 0 atom stereocenters. The number of nitrogens with zero attached hydrogens (tertiary/aromatic N) is 1. The average molecular weight is 528 g/mol. The Hall–Kier alpha value is -2.23. The van der Waals surface area contributed by atoms with E-state index in [-0.39, 0.29) is 24.1 Å². The van der Waals surface area contributed by atoms with Gasteiger partial charge in [0.1, 0.15) is 12.5 Å². The van der Waals surface area contributed by atoms with Crippen molar-refractivity contribution in [3.8, 4) is 5.75 Å². The van der Waals surface area contributed by atoms with Gasteiger partial charge < -0.3 is 30.3 Å². The number of nitrogens with one attached hydrogen (secondary N) is 3. The van der Waals surface area contributed by atoms with Gasteiger partial charge in [-0.1, -0.05) is 40.9 Å². The number of anilines is 1. The normalized spacial score (nSPS) is 17.0. The Morgan fingerprint density at radius 2 is 1.88 bits per heavy atom. The first-order chi connectivity index (χ1) is 16.3. The number of halogens is 3. The number of carbonyl (C=O) groups excluding carboxylic acids is 2. The molecule has 2 amide bonds. The first kappa shape index (κ1) is 24.9.